The third-order valence-electron chi connectivity index (χ3n) is 4.20. The molecular formula is C15H27NOS. The van der Waals surface area contributed by atoms with Gasteiger partial charge in [-0.05, 0) is 45.5 Å². The zero-order valence-electron chi connectivity index (χ0n) is 12.4. The van der Waals surface area contributed by atoms with Crippen LogP contribution in [0.1, 0.15) is 43.4 Å². The zero-order valence-corrected chi connectivity index (χ0v) is 13.2. The number of aliphatic hydroxyl groups is 1. The monoisotopic (exact) mass is 269 g/mol. The molecule has 0 radical (unpaired) electrons. The van der Waals surface area contributed by atoms with E-state index in [-0.39, 0.29) is 11.6 Å². The Morgan fingerprint density at radius 1 is 1.17 bits per heavy atom. The molecule has 18 heavy (non-hydrogen) atoms. The lowest BCUT2D eigenvalue weighted by atomic mass is 9.83. The Balaban J connectivity index is 2.81. The highest BCUT2D eigenvalue weighted by Gasteiger charge is 2.36. The van der Waals surface area contributed by atoms with Crippen molar-refractivity contribution in [3.8, 4) is 0 Å². The normalized spacial score (nSPS) is 14.2. The fraction of sp³-hybridized carbons (Fsp3) is 0.733. The van der Waals surface area contributed by atoms with Crippen LogP contribution in [0.15, 0.2) is 12.1 Å². The average molecular weight is 269 g/mol. The van der Waals surface area contributed by atoms with Crippen LogP contribution < -0.4 is 0 Å². The maximum absolute atomic E-state index is 10.6. The van der Waals surface area contributed by atoms with E-state index in [2.05, 4.69) is 51.9 Å². The molecule has 0 saturated carbocycles. The fourth-order valence-corrected chi connectivity index (χ4v) is 3.75. The van der Waals surface area contributed by atoms with Crippen molar-refractivity contribution in [1.29, 1.82) is 0 Å². The van der Waals surface area contributed by atoms with Gasteiger partial charge in [0.2, 0.25) is 0 Å². The van der Waals surface area contributed by atoms with E-state index in [4.69, 9.17) is 0 Å². The van der Waals surface area contributed by atoms with Crippen molar-refractivity contribution in [2.75, 3.05) is 14.1 Å². The summed E-state index contributed by atoms with van der Waals surface area (Å²) in [6, 6.07) is 4.35. The SMILES string of the molecule is CCc1ccc(CC(O)C(CC)(CC)N(C)C)s1. The second-order valence-corrected chi connectivity index (χ2v) is 6.40. The largest absolute Gasteiger partial charge is 0.391 e. The molecule has 0 amide bonds. The molecule has 2 nitrogen and oxygen atoms in total. The van der Waals surface area contributed by atoms with Crippen molar-refractivity contribution < 1.29 is 5.11 Å². The molecule has 1 rings (SSSR count). The van der Waals surface area contributed by atoms with Crippen molar-refractivity contribution in [2.24, 2.45) is 0 Å². The van der Waals surface area contributed by atoms with Crippen LogP contribution in [0.25, 0.3) is 0 Å². The van der Waals surface area contributed by atoms with E-state index in [1.165, 1.54) is 9.75 Å². The first-order valence-corrected chi connectivity index (χ1v) is 7.74. The van der Waals surface area contributed by atoms with Crippen LogP contribution >= 0.6 is 11.3 Å². The van der Waals surface area contributed by atoms with Crippen LogP contribution in [-0.2, 0) is 12.8 Å². The highest BCUT2D eigenvalue weighted by atomic mass is 32.1. The van der Waals surface area contributed by atoms with Crippen LogP contribution in [0.5, 0.6) is 0 Å². The molecule has 1 unspecified atom stereocenters. The molecular weight excluding hydrogens is 242 g/mol. The van der Waals surface area contributed by atoms with Crippen molar-refractivity contribution >= 4 is 11.3 Å². The van der Waals surface area contributed by atoms with E-state index in [0.29, 0.717) is 0 Å². The Bertz CT molecular complexity index is 355. The summed E-state index contributed by atoms with van der Waals surface area (Å²) >= 11 is 1.83. The molecule has 0 aliphatic rings. The first-order chi connectivity index (χ1) is 8.50. The summed E-state index contributed by atoms with van der Waals surface area (Å²) in [4.78, 5) is 4.89. The first kappa shape index (κ1) is 15.7. The Hall–Kier alpha value is -0.380. The smallest absolute Gasteiger partial charge is 0.0771 e. The van der Waals surface area contributed by atoms with Crippen molar-refractivity contribution in [3.63, 3.8) is 0 Å². The standard InChI is InChI=1S/C15H27NOS/c1-6-12-9-10-13(18-12)11-14(17)15(7-2,8-3)16(4)5/h9-10,14,17H,6-8,11H2,1-5H3. The highest BCUT2D eigenvalue weighted by molar-refractivity contribution is 7.11. The van der Waals surface area contributed by atoms with Gasteiger partial charge in [-0.25, -0.2) is 0 Å². The van der Waals surface area contributed by atoms with E-state index in [9.17, 15) is 5.11 Å². The molecule has 0 fully saturated rings. The molecule has 104 valence electrons. The van der Waals surface area contributed by atoms with Gasteiger partial charge in [-0.2, -0.15) is 0 Å². The predicted molar refractivity (Wildman–Crippen MR) is 80.4 cm³/mol. The van der Waals surface area contributed by atoms with Gasteiger partial charge in [-0.1, -0.05) is 20.8 Å². The van der Waals surface area contributed by atoms with Crippen LogP contribution in [-0.4, -0.2) is 35.7 Å². The van der Waals surface area contributed by atoms with Gasteiger partial charge < -0.3 is 10.0 Å². The summed E-state index contributed by atoms with van der Waals surface area (Å²) in [5, 5.41) is 10.6. The van der Waals surface area contributed by atoms with Gasteiger partial charge in [-0.15, -0.1) is 11.3 Å². The van der Waals surface area contributed by atoms with Gasteiger partial charge in [-0.3, -0.25) is 0 Å². The zero-order chi connectivity index (χ0) is 13.8. The molecule has 3 heteroatoms. The lowest BCUT2D eigenvalue weighted by Crippen LogP contribution is -2.53. The third kappa shape index (κ3) is 3.14. The lowest BCUT2D eigenvalue weighted by molar-refractivity contribution is -0.0121. The van der Waals surface area contributed by atoms with Crippen LogP contribution in [0.3, 0.4) is 0 Å². The summed E-state index contributed by atoms with van der Waals surface area (Å²) in [6.45, 7) is 6.51. The molecule has 0 aliphatic carbocycles. The topological polar surface area (TPSA) is 23.5 Å². The Morgan fingerprint density at radius 2 is 1.72 bits per heavy atom. The van der Waals surface area contributed by atoms with Gasteiger partial charge >= 0.3 is 0 Å². The summed E-state index contributed by atoms with van der Waals surface area (Å²) in [5.41, 5.74) is -0.101. The summed E-state index contributed by atoms with van der Waals surface area (Å²) in [5.74, 6) is 0. The molecule has 0 spiro atoms. The van der Waals surface area contributed by atoms with Crippen molar-refractivity contribution in [2.45, 2.75) is 58.1 Å². The van der Waals surface area contributed by atoms with E-state index < -0.39 is 0 Å². The molecule has 1 N–H and O–H groups in total. The van der Waals surface area contributed by atoms with Crippen molar-refractivity contribution in [3.05, 3.63) is 21.9 Å². The van der Waals surface area contributed by atoms with E-state index >= 15 is 0 Å². The second kappa shape index (κ2) is 6.69. The van der Waals surface area contributed by atoms with Gasteiger partial charge in [0.1, 0.15) is 0 Å². The van der Waals surface area contributed by atoms with Gasteiger partial charge in [0.05, 0.1) is 6.10 Å². The number of likely N-dealkylation sites (N-methyl/N-ethyl adjacent to an activating group) is 1. The number of nitrogens with zero attached hydrogens (tertiary/aromatic N) is 1. The minimum Gasteiger partial charge on any atom is -0.391 e. The van der Waals surface area contributed by atoms with Gasteiger partial charge in [0.25, 0.3) is 0 Å². The molecule has 1 aromatic heterocycles. The molecule has 1 aromatic rings. The Labute approximate surface area is 116 Å². The molecule has 0 bridgehead atoms. The van der Waals surface area contributed by atoms with Crippen LogP contribution in [0.2, 0.25) is 0 Å². The molecule has 0 aromatic carbocycles. The number of rotatable bonds is 7. The Kier molecular flexibility index (Phi) is 5.83. The number of hydrogen-bond acceptors (Lipinski definition) is 3. The predicted octanol–water partition coefficient (Wildman–Crippen LogP) is 3.33. The van der Waals surface area contributed by atoms with E-state index in [1.54, 1.807) is 0 Å². The minimum atomic E-state index is -0.300. The molecule has 0 saturated heterocycles. The quantitative estimate of drug-likeness (QED) is 0.820. The minimum absolute atomic E-state index is 0.101. The number of thiophene rings is 1. The van der Waals surface area contributed by atoms with Gasteiger partial charge in [0.15, 0.2) is 0 Å². The number of aliphatic hydroxyl groups excluding tert-OH is 1. The van der Waals surface area contributed by atoms with Gasteiger partial charge in [0, 0.05) is 21.7 Å². The lowest BCUT2D eigenvalue weighted by Gasteiger charge is -2.42. The fourth-order valence-electron chi connectivity index (χ4n) is 2.75. The second-order valence-electron chi connectivity index (χ2n) is 5.15. The summed E-state index contributed by atoms with van der Waals surface area (Å²) < 4.78 is 0. The van der Waals surface area contributed by atoms with Crippen LogP contribution in [0.4, 0.5) is 0 Å². The summed E-state index contributed by atoms with van der Waals surface area (Å²) in [7, 11) is 4.14. The highest BCUT2D eigenvalue weighted by Crippen LogP contribution is 2.29. The first-order valence-electron chi connectivity index (χ1n) is 6.93. The summed E-state index contributed by atoms with van der Waals surface area (Å²) in [6.07, 6.45) is 3.50. The van der Waals surface area contributed by atoms with E-state index in [1.807, 2.05) is 11.3 Å². The van der Waals surface area contributed by atoms with Crippen molar-refractivity contribution in [1.82, 2.24) is 4.90 Å². The average Bonchev–Trinajstić information content (AvgIpc) is 2.78. The Morgan fingerprint density at radius 3 is 2.11 bits per heavy atom. The number of aryl methyl sites for hydroxylation is 1. The third-order valence-corrected chi connectivity index (χ3v) is 5.45. The maximum Gasteiger partial charge on any atom is 0.0771 e. The van der Waals surface area contributed by atoms with E-state index in [0.717, 1.165) is 25.7 Å². The van der Waals surface area contributed by atoms with Crippen LogP contribution in [0, 0.1) is 0 Å². The molecule has 1 heterocycles. The maximum atomic E-state index is 10.6. The molecule has 0 aliphatic heterocycles. The molecule has 1 atom stereocenters. The number of hydrogen-bond donors (Lipinski definition) is 1.